The van der Waals surface area contributed by atoms with Crippen molar-refractivity contribution in [3.8, 4) is 0 Å². The molecule has 0 aliphatic heterocycles. The molecule has 8 heteroatoms. The third kappa shape index (κ3) is 3.73. The molecule has 0 aromatic carbocycles. The first-order chi connectivity index (χ1) is 8.23. The first-order valence-electron chi connectivity index (χ1n) is 5.60. The summed E-state index contributed by atoms with van der Waals surface area (Å²) in [5.41, 5.74) is 5.65. The second-order valence-corrected chi connectivity index (χ2v) is 6.39. The van der Waals surface area contributed by atoms with Crippen LogP contribution in [0.25, 0.3) is 0 Å². The largest absolute Gasteiger partial charge is 0.384 e. The van der Waals surface area contributed by atoms with Gasteiger partial charge in [-0.2, -0.15) is 5.10 Å². The Bertz CT molecular complexity index is 532. The zero-order valence-corrected chi connectivity index (χ0v) is 11.6. The number of hydrogen-bond acceptors (Lipinski definition) is 4. The molecular weight excluding hydrogens is 254 g/mol. The lowest BCUT2D eigenvalue weighted by molar-refractivity contribution is 0.577. The van der Waals surface area contributed by atoms with E-state index in [0.717, 1.165) is 0 Å². The molecule has 0 spiro atoms. The molecule has 0 aliphatic carbocycles. The van der Waals surface area contributed by atoms with E-state index in [-0.39, 0.29) is 23.0 Å². The van der Waals surface area contributed by atoms with E-state index < -0.39 is 10.0 Å². The maximum Gasteiger partial charge on any atom is 0.233 e. The minimum Gasteiger partial charge on any atom is -0.384 e. The third-order valence-corrected chi connectivity index (χ3v) is 3.72. The molecule has 0 saturated heterocycles. The lowest BCUT2D eigenvalue weighted by Gasteiger charge is -2.11. The third-order valence-electron chi connectivity index (χ3n) is 2.45. The number of aryl methyl sites for hydroxylation is 1. The SMILES string of the molecule is CC(C)CCS(=O)(=O)Nc1c(C(=N)N)cnn1C. The monoisotopic (exact) mass is 273 g/mol. The number of nitrogens with one attached hydrogen (secondary N) is 2. The van der Waals surface area contributed by atoms with Gasteiger partial charge in [-0.05, 0) is 12.3 Å². The van der Waals surface area contributed by atoms with Crippen molar-refractivity contribution in [3.05, 3.63) is 11.8 Å². The van der Waals surface area contributed by atoms with Crippen LogP contribution < -0.4 is 10.5 Å². The predicted octanol–water partition coefficient (Wildman–Crippen LogP) is 0.492. The fraction of sp³-hybridized carbons (Fsp3) is 0.600. The highest BCUT2D eigenvalue weighted by atomic mass is 32.2. The standard InChI is InChI=1S/C10H19N5O2S/c1-7(2)4-5-18(16,17)14-10-8(9(11)12)6-13-15(10)3/h6-7,14H,4-5H2,1-3H3,(H3,11,12). The number of amidine groups is 1. The van der Waals surface area contributed by atoms with Gasteiger partial charge in [-0.25, -0.2) is 8.42 Å². The van der Waals surface area contributed by atoms with Gasteiger partial charge in [-0.3, -0.25) is 14.8 Å². The first kappa shape index (κ1) is 14.5. The summed E-state index contributed by atoms with van der Waals surface area (Å²) in [4.78, 5) is 0. The van der Waals surface area contributed by atoms with Crippen molar-refractivity contribution in [2.75, 3.05) is 10.5 Å². The van der Waals surface area contributed by atoms with E-state index in [1.54, 1.807) is 7.05 Å². The van der Waals surface area contributed by atoms with Crippen LogP contribution in [0, 0.1) is 11.3 Å². The van der Waals surface area contributed by atoms with E-state index in [1.165, 1.54) is 10.9 Å². The zero-order chi connectivity index (χ0) is 13.9. The summed E-state index contributed by atoms with van der Waals surface area (Å²) in [5, 5.41) is 11.2. The van der Waals surface area contributed by atoms with Crippen molar-refractivity contribution >= 4 is 21.7 Å². The lowest BCUT2D eigenvalue weighted by Crippen LogP contribution is -2.22. The van der Waals surface area contributed by atoms with Gasteiger partial charge in [0.25, 0.3) is 0 Å². The fourth-order valence-electron chi connectivity index (χ4n) is 1.34. The van der Waals surface area contributed by atoms with E-state index in [2.05, 4.69) is 9.82 Å². The number of anilines is 1. The van der Waals surface area contributed by atoms with Gasteiger partial charge < -0.3 is 5.73 Å². The van der Waals surface area contributed by atoms with E-state index >= 15 is 0 Å². The molecule has 1 heterocycles. The highest BCUT2D eigenvalue weighted by molar-refractivity contribution is 7.92. The molecule has 102 valence electrons. The van der Waals surface area contributed by atoms with E-state index in [1.807, 2.05) is 13.8 Å². The van der Waals surface area contributed by atoms with Crippen molar-refractivity contribution < 1.29 is 8.42 Å². The van der Waals surface area contributed by atoms with Crippen LogP contribution in [-0.2, 0) is 17.1 Å². The Morgan fingerprint density at radius 2 is 2.22 bits per heavy atom. The minimum absolute atomic E-state index is 0.0349. The number of nitrogen functional groups attached to an aromatic ring is 1. The van der Waals surface area contributed by atoms with Crippen molar-refractivity contribution in [3.63, 3.8) is 0 Å². The molecule has 0 aliphatic rings. The number of nitrogens with two attached hydrogens (primary N) is 1. The van der Waals surface area contributed by atoms with Crippen molar-refractivity contribution in [1.29, 1.82) is 5.41 Å². The number of nitrogens with zero attached hydrogens (tertiary/aromatic N) is 2. The van der Waals surface area contributed by atoms with Crippen LogP contribution in [0.4, 0.5) is 5.82 Å². The smallest absolute Gasteiger partial charge is 0.233 e. The Balaban J connectivity index is 2.90. The molecule has 1 aromatic heterocycles. The second kappa shape index (κ2) is 5.38. The highest BCUT2D eigenvalue weighted by Crippen LogP contribution is 2.16. The number of sulfonamides is 1. The van der Waals surface area contributed by atoms with Gasteiger partial charge >= 0.3 is 0 Å². The maximum absolute atomic E-state index is 11.9. The molecular formula is C10H19N5O2S. The van der Waals surface area contributed by atoms with Crippen LogP contribution in [0.15, 0.2) is 6.20 Å². The van der Waals surface area contributed by atoms with Gasteiger partial charge in [0, 0.05) is 7.05 Å². The first-order valence-corrected chi connectivity index (χ1v) is 7.25. The number of aromatic nitrogens is 2. The average Bonchev–Trinajstić information content (AvgIpc) is 2.57. The molecule has 0 fully saturated rings. The topological polar surface area (TPSA) is 114 Å². The normalized spacial score (nSPS) is 11.8. The summed E-state index contributed by atoms with van der Waals surface area (Å²) in [7, 11) is -1.85. The molecule has 1 rings (SSSR count). The summed E-state index contributed by atoms with van der Waals surface area (Å²) in [5.74, 6) is 0.351. The quantitative estimate of drug-likeness (QED) is 0.517. The van der Waals surface area contributed by atoms with E-state index in [0.29, 0.717) is 12.3 Å². The van der Waals surface area contributed by atoms with Crippen LogP contribution in [0.5, 0.6) is 0 Å². The summed E-state index contributed by atoms with van der Waals surface area (Å²) in [6, 6.07) is 0. The van der Waals surface area contributed by atoms with Crippen LogP contribution >= 0.6 is 0 Å². The van der Waals surface area contributed by atoms with Gasteiger partial charge in [-0.1, -0.05) is 13.8 Å². The molecule has 0 unspecified atom stereocenters. The Morgan fingerprint density at radius 1 is 1.61 bits per heavy atom. The number of rotatable bonds is 6. The summed E-state index contributed by atoms with van der Waals surface area (Å²) >= 11 is 0. The van der Waals surface area contributed by atoms with Crippen LogP contribution in [-0.4, -0.2) is 29.8 Å². The Kier molecular flexibility index (Phi) is 4.33. The molecule has 0 saturated carbocycles. The molecule has 0 radical (unpaired) electrons. The zero-order valence-electron chi connectivity index (χ0n) is 10.8. The molecule has 18 heavy (non-hydrogen) atoms. The Hall–Kier alpha value is -1.57. The van der Waals surface area contributed by atoms with Gasteiger partial charge in [-0.15, -0.1) is 0 Å². The molecule has 0 amide bonds. The Labute approximate surface area is 107 Å². The van der Waals surface area contributed by atoms with Gasteiger partial charge in [0.2, 0.25) is 10.0 Å². The second-order valence-electron chi connectivity index (χ2n) is 4.55. The Morgan fingerprint density at radius 3 is 2.72 bits per heavy atom. The van der Waals surface area contributed by atoms with Crippen molar-refractivity contribution in [1.82, 2.24) is 9.78 Å². The summed E-state index contributed by atoms with van der Waals surface area (Å²) in [6.45, 7) is 3.92. The molecule has 7 nitrogen and oxygen atoms in total. The minimum atomic E-state index is -3.44. The number of hydrogen-bond donors (Lipinski definition) is 3. The van der Waals surface area contributed by atoms with Gasteiger partial charge in [0.05, 0.1) is 17.5 Å². The molecule has 4 N–H and O–H groups in total. The summed E-state index contributed by atoms with van der Waals surface area (Å²) < 4.78 is 27.5. The van der Waals surface area contributed by atoms with Crippen LogP contribution in [0.2, 0.25) is 0 Å². The summed E-state index contributed by atoms with van der Waals surface area (Å²) in [6.07, 6.45) is 1.94. The lowest BCUT2D eigenvalue weighted by atomic mass is 10.2. The van der Waals surface area contributed by atoms with Crippen molar-refractivity contribution in [2.24, 2.45) is 18.7 Å². The van der Waals surface area contributed by atoms with Gasteiger partial charge in [0.15, 0.2) is 0 Å². The molecule has 0 atom stereocenters. The van der Waals surface area contributed by atoms with Crippen molar-refractivity contribution in [2.45, 2.75) is 20.3 Å². The highest BCUT2D eigenvalue weighted by Gasteiger charge is 2.18. The molecule has 0 bridgehead atoms. The van der Waals surface area contributed by atoms with Gasteiger partial charge in [0.1, 0.15) is 11.7 Å². The predicted molar refractivity (Wildman–Crippen MR) is 71.1 cm³/mol. The van der Waals surface area contributed by atoms with Crippen LogP contribution in [0.3, 0.4) is 0 Å². The van der Waals surface area contributed by atoms with Crippen LogP contribution in [0.1, 0.15) is 25.8 Å². The fourth-order valence-corrected chi connectivity index (χ4v) is 2.77. The maximum atomic E-state index is 11.9. The molecule has 1 aromatic rings. The van der Waals surface area contributed by atoms with E-state index in [9.17, 15) is 8.42 Å². The van der Waals surface area contributed by atoms with E-state index in [4.69, 9.17) is 11.1 Å². The average molecular weight is 273 g/mol.